The first-order chi connectivity index (χ1) is 12.3. The fourth-order valence-corrected chi connectivity index (χ4v) is 2.27. The Morgan fingerprint density at radius 1 is 0.960 bits per heavy atom. The van der Waals surface area contributed by atoms with Gasteiger partial charge < -0.3 is 20.1 Å². The highest BCUT2D eigenvalue weighted by molar-refractivity contribution is 5.59. The molecule has 6 heteroatoms. The highest BCUT2D eigenvalue weighted by Crippen LogP contribution is 2.21. The Morgan fingerprint density at radius 2 is 1.72 bits per heavy atom. The summed E-state index contributed by atoms with van der Waals surface area (Å²) in [6.45, 7) is 1.40. The van der Waals surface area contributed by atoms with E-state index in [1.54, 1.807) is 6.20 Å². The molecule has 1 aliphatic rings. The lowest BCUT2D eigenvalue weighted by Crippen LogP contribution is -2.04. The van der Waals surface area contributed by atoms with Crippen molar-refractivity contribution in [1.29, 1.82) is 0 Å². The lowest BCUT2D eigenvalue weighted by atomic mass is 10.3. The van der Waals surface area contributed by atoms with E-state index in [-0.39, 0.29) is 6.10 Å². The van der Waals surface area contributed by atoms with Gasteiger partial charge in [-0.15, -0.1) is 0 Å². The number of ether oxygens (including phenoxy) is 2. The molecule has 0 saturated carbocycles. The van der Waals surface area contributed by atoms with Crippen LogP contribution in [0.25, 0.3) is 0 Å². The van der Waals surface area contributed by atoms with Gasteiger partial charge >= 0.3 is 0 Å². The maximum absolute atomic E-state index is 5.63. The number of hydrogen-bond acceptors (Lipinski definition) is 6. The standard InChI is InChI=1S/C19H18N4O2/c1-2-4-14(5-3-1)21-18-10-11-20-19(23-18)22-15-6-8-16(9-7-15)24-12-17-13-25-17/h1-11,17H,12-13H2,(H2,20,21,22,23). The van der Waals surface area contributed by atoms with Crippen molar-refractivity contribution < 1.29 is 9.47 Å². The maximum atomic E-state index is 5.63. The van der Waals surface area contributed by atoms with Crippen LogP contribution >= 0.6 is 0 Å². The Morgan fingerprint density at radius 3 is 2.48 bits per heavy atom. The van der Waals surface area contributed by atoms with Crippen molar-refractivity contribution in [3.05, 3.63) is 66.9 Å². The Hall–Kier alpha value is -3.12. The Bertz CT molecular complexity index is 820. The van der Waals surface area contributed by atoms with Gasteiger partial charge in [-0.05, 0) is 42.5 Å². The smallest absolute Gasteiger partial charge is 0.229 e. The Labute approximate surface area is 145 Å². The summed E-state index contributed by atoms with van der Waals surface area (Å²) >= 11 is 0. The van der Waals surface area contributed by atoms with Gasteiger partial charge in [-0.3, -0.25) is 0 Å². The number of benzene rings is 2. The first-order valence-electron chi connectivity index (χ1n) is 8.12. The van der Waals surface area contributed by atoms with Crippen LogP contribution in [0.15, 0.2) is 66.9 Å². The number of rotatable bonds is 7. The summed E-state index contributed by atoms with van der Waals surface area (Å²) in [6.07, 6.45) is 1.97. The average molecular weight is 334 g/mol. The lowest BCUT2D eigenvalue weighted by molar-refractivity contribution is 0.263. The van der Waals surface area contributed by atoms with Gasteiger partial charge in [0.25, 0.3) is 0 Å². The van der Waals surface area contributed by atoms with Crippen LogP contribution in [-0.4, -0.2) is 29.3 Å². The second-order valence-corrected chi connectivity index (χ2v) is 5.67. The van der Waals surface area contributed by atoms with Gasteiger partial charge in [0.2, 0.25) is 5.95 Å². The molecule has 0 bridgehead atoms. The van der Waals surface area contributed by atoms with Gasteiger partial charge in [-0.2, -0.15) is 4.98 Å². The molecule has 0 amide bonds. The van der Waals surface area contributed by atoms with Crippen molar-refractivity contribution in [2.24, 2.45) is 0 Å². The van der Waals surface area contributed by atoms with Crippen LogP contribution in [0.1, 0.15) is 0 Å². The van der Waals surface area contributed by atoms with E-state index in [2.05, 4.69) is 20.6 Å². The van der Waals surface area contributed by atoms with E-state index in [1.807, 2.05) is 60.7 Å². The number of anilines is 4. The van der Waals surface area contributed by atoms with Crippen molar-refractivity contribution >= 4 is 23.1 Å². The topological polar surface area (TPSA) is 71.6 Å². The SMILES string of the molecule is c1ccc(Nc2ccnc(Nc3ccc(OCC4CO4)cc3)n2)cc1. The number of nitrogens with one attached hydrogen (secondary N) is 2. The van der Waals surface area contributed by atoms with E-state index in [9.17, 15) is 0 Å². The molecule has 25 heavy (non-hydrogen) atoms. The zero-order chi connectivity index (χ0) is 16.9. The largest absolute Gasteiger partial charge is 0.491 e. The van der Waals surface area contributed by atoms with E-state index in [0.717, 1.165) is 29.5 Å². The quantitative estimate of drug-likeness (QED) is 0.641. The first kappa shape index (κ1) is 15.4. The fraction of sp³-hybridized carbons (Fsp3) is 0.158. The highest BCUT2D eigenvalue weighted by atomic mass is 16.6. The monoisotopic (exact) mass is 334 g/mol. The van der Waals surface area contributed by atoms with E-state index in [0.29, 0.717) is 12.6 Å². The minimum atomic E-state index is 0.256. The van der Waals surface area contributed by atoms with Crippen molar-refractivity contribution in [3.63, 3.8) is 0 Å². The van der Waals surface area contributed by atoms with Gasteiger partial charge in [-0.1, -0.05) is 18.2 Å². The van der Waals surface area contributed by atoms with Crippen molar-refractivity contribution in [2.45, 2.75) is 6.10 Å². The molecule has 2 heterocycles. The third kappa shape index (κ3) is 4.45. The Kier molecular flexibility index (Phi) is 4.43. The van der Waals surface area contributed by atoms with E-state index in [4.69, 9.17) is 9.47 Å². The molecule has 2 N–H and O–H groups in total. The maximum Gasteiger partial charge on any atom is 0.229 e. The number of para-hydroxylation sites is 1. The van der Waals surface area contributed by atoms with Crippen LogP contribution in [0.4, 0.5) is 23.1 Å². The van der Waals surface area contributed by atoms with E-state index >= 15 is 0 Å². The molecule has 0 radical (unpaired) electrons. The molecular formula is C19H18N4O2. The summed E-state index contributed by atoms with van der Waals surface area (Å²) in [4.78, 5) is 8.73. The van der Waals surface area contributed by atoms with Crippen LogP contribution in [-0.2, 0) is 4.74 Å². The molecule has 4 rings (SSSR count). The number of nitrogens with zero attached hydrogens (tertiary/aromatic N) is 2. The van der Waals surface area contributed by atoms with Crippen molar-refractivity contribution in [1.82, 2.24) is 9.97 Å². The molecule has 2 aromatic carbocycles. The molecule has 3 aromatic rings. The molecule has 1 fully saturated rings. The van der Waals surface area contributed by atoms with Gasteiger partial charge in [0.05, 0.1) is 6.61 Å². The first-order valence-corrected chi connectivity index (χ1v) is 8.12. The van der Waals surface area contributed by atoms with Crippen LogP contribution in [0.3, 0.4) is 0 Å². The molecule has 0 aliphatic carbocycles. The van der Waals surface area contributed by atoms with E-state index in [1.165, 1.54) is 0 Å². The van der Waals surface area contributed by atoms with Gasteiger partial charge in [0.1, 0.15) is 24.3 Å². The average Bonchev–Trinajstić information content (AvgIpc) is 3.47. The number of aromatic nitrogens is 2. The minimum Gasteiger partial charge on any atom is -0.491 e. The van der Waals surface area contributed by atoms with Crippen LogP contribution in [0, 0.1) is 0 Å². The molecule has 1 aromatic heterocycles. The Balaban J connectivity index is 1.39. The lowest BCUT2D eigenvalue weighted by Gasteiger charge is -2.09. The predicted octanol–water partition coefficient (Wildman–Crippen LogP) is 3.74. The molecule has 1 unspecified atom stereocenters. The summed E-state index contributed by atoms with van der Waals surface area (Å²) in [5.41, 5.74) is 1.88. The minimum absolute atomic E-state index is 0.256. The third-order valence-electron chi connectivity index (χ3n) is 3.65. The molecule has 0 spiro atoms. The van der Waals surface area contributed by atoms with Gasteiger partial charge in [0.15, 0.2) is 0 Å². The molecule has 126 valence electrons. The van der Waals surface area contributed by atoms with Crippen LogP contribution in [0.5, 0.6) is 5.75 Å². The number of hydrogen-bond donors (Lipinski definition) is 2. The molecule has 6 nitrogen and oxygen atoms in total. The highest BCUT2D eigenvalue weighted by Gasteiger charge is 2.22. The van der Waals surface area contributed by atoms with Gasteiger partial charge in [0, 0.05) is 17.6 Å². The third-order valence-corrected chi connectivity index (χ3v) is 3.65. The van der Waals surface area contributed by atoms with Crippen LogP contribution in [0.2, 0.25) is 0 Å². The molecule has 1 aliphatic heterocycles. The van der Waals surface area contributed by atoms with Crippen molar-refractivity contribution in [3.8, 4) is 5.75 Å². The second-order valence-electron chi connectivity index (χ2n) is 5.67. The van der Waals surface area contributed by atoms with Crippen LogP contribution < -0.4 is 15.4 Å². The van der Waals surface area contributed by atoms with Crippen molar-refractivity contribution in [2.75, 3.05) is 23.8 Å². The van der Waals surface area contributed by atoms with Gasteiger partial charge in [-0.25, -0.2) is 4.98 Å². The molecule has 1 atom stereocenters. The normalized spacial score (nSPS) is 15.4. The summed E-state index contributed by atoms with van der Waals surface area (Å²) < 4.78 is 10.8. The zero-order valence-electron chi connectivity index (χ0n) is 13.6. The summed E-state index contributed by atoms with van der Waals surface area (Å²) in [7, 11) is 0. The summed E-state index contributed by atoms with van der Waals surface area (Å²) in [5, 5.41) is 6.44. The molecular weight excluding hydrogens is 316 g/mol. The molecule has 1 saturated heterocycles. The second kappa shape index (κ2) is 7.19. The predicted molar refractivity (Wildman–Crippen MR) is 96.7 cm³/mol. The van der Waals surface area contributed by atoms with E-state index < -0.39 is 0 Å². The summed E-state index contributed by atoms with van der Waals surface area (Å²) in [6, 6.07) is 19.4. The fourth-order valence-electron chi connectivity index (χ4n) is 2.27. The zero-order valence-corrected chi connectivity index (χ0v) is 13.6. The number of epoxide rings is 1. The summed E-state index contributed by atoms with van der Waals surface area (Å²) in [5.74, 6) is 2.08.